The van der Waals surface area contributed by atoms with E-state index >= 15 is 0 Å². The zero-order chi connectivity index (χ0) is 11.7. The van der Waals surface area contributed by atoms with Crippen molar-refractivity contribution in [3.8, 4) is 11.3 Å². The van der Waals surface area contributed by atoms with Crippen molar-refractivity contribution in [2.24, 2.45) is 0 Å². The molecule has 0 saturated heterocycles. The predicted molar refractivity (Wildman–Crippen MR) is 57.1 cm³/mol. The molecule has 0 unspecified atom stereocenters. The molecule has 1 aromatic heterocycles. The van der Waals surface area contributed by atoms with Crippen LogP contribution in [0.4, 0.5) is 8.78 Å². The highest BCUT2D eigenvalue weighted by Crippen LogP contribution is 2.30. The van der Waals surface area contributed by atoms with Crippen LogP contribution in [-0.2, 0) is 0 Å². The average molecular weight is 241 g/mol. The lowest BCUT2D eigenvalue weighted by molar-refractivity contribution is 0.582. The van der Waals surface area contributed by atoms with Gasteiger partial charge in [-0.1, -0.05) is 17.7 Å². The van der Waals surface area contributed by atoms with Crippen LogP contribution in [0.15, 0.2) is 24.7 Å². The maximum atomic E-state index is 13.8. The molecule has 0 amide bonds. The third-order valence-electron chi connectivity index (χ3n) is 2.19. The van der Waals surface area contributed by atoms with E-state index in [1.165, 1.54) is 24.7 Å². The van der Waals surface area contributed by atoms with Crippen molar-refractivity contribution in [1.82, 2.24) is 9.97 Å². The van der Waals surface area contributed by atoms with Crippen LogP contribution in [-0.4, -0.2) is 9.97 Å². The van der Waals surface area contributed by atoms with Gasteiger partial charge in [-0.3, -0.25) is 0 Å². The van der Waals surface area contributed by atoms with Crippen LogP contribution in [0.5, 0.6) is 0 Å². The summed E-state index contributed by atoms with van der Waals surface area (Å²) < 4.78 is 27.3. The Kier molecular flexibility index (Phi) is 2.83. The van der Waals surface area contributed by atoms with E-state index < -0.39 is 11.6 Å². The minimum absolute atomic E-state index is 0.0652. The molecule has 5 heteroatoms. The van der Waals surface area contributed by atoms with Crippen molar-refractivity contribution in [3.63, 3.8) is 0 Å². The summed E-state index contributed by atoms with van der Waals surface area (Å²) in [6.45, 7) is 1.55. The lowest BCUT2D eigenvalue weighted by Crippen LogP contribution is -1.96. The zero-order valence-electron chi connectivity index (χ0n) is 8.34. The van der Waals surface area contributed by atoms with E-state index in [9.17, 15) is 8.78 Å². The highest BCUT2D eigenvalue weighted by molar-refractivity contribution is 6.32. The van der Waals surface area contributed by atoms with Crippen molar-refractivity contribution in [1.29, 1.82) is 0 Å². The lowest BCUT2D eigenvalue weighted by atomic mass is 10.1. The summed E-state index contributed by atoms with van der Waals surface area (Å²) in [6.07, 6.45) is 2.49. The van der Waals surface area contributed by atoms with Gasteiger partial charge in [0.05, 0.1) is 16.3 Å². The molecule has 82 valence electrons. The first kappa shape index (κ1) is 11.0. The second-order valence-corrected chi connectivity index (χ2v) is 3.68. The maximum Gasteiger partial charge on any atom is 0.138 e. The minimum Gasteiger partial charge on any atom is -0.243 e. The molecular weight excluding hydrogens is 234 g/mol. The highest BCUT2D eigenvalue weighted by Gasteiger charge is 2.17. The summed E-state index contributed by atoms with van der Waals surface area (Å²) in [5, 5.41) is 0.117. The van der Waals surface area contributed by atoms with Crippen molar-refractivity contribution >= 4 is 11.6 Å². The van der Waals surface area contributed by atoms with Crippen LogP contribution < -0.4 is 0 Å². The summed E-state index contributed by atoms with van der Waals surface area (Å²) >= 11 is 5.80. The monoisotopic (exact) mass is 240 g/mol. The maximum absolute atomic E-state index is 13.8. The number of hydrogen-bond donors (Lipinski definition) is 0. The minimum atomic E-state index is -0.691. The molecule has 1 heterocycles. The number of hydrogen-bond acceptors (Lipinski definition) is 2. The largest absolute Gasteiger partial charge is 0.243 e. The molecule has 2 rings (SSSR count). The summed E-state index contributed by atoms with van der Waals surface area (Å²) in [4.78, 5) is 7.45. The lowest BCUT2D eigenvalue weighted by Gasteiger charge is -2.07. The van der Waals surface area contributed by atoms with Gasteiger partial charge in [0.1, 0.15) is 18.0 Å². The molecule has 0 atom stereocenters. The molecule has 0 N–H and O–H groups in total. The van der Waals surface area contributed by atoms with Gasteiger partial charge in [0.15, 0.2) is 0 Å². The molecule has 0 aliphatic rings. The van der Waals surface area contributed by atoms with Gasteiger partial charge in [-0.2, -0.15) is 0 Å². The Labute approximate surface area is 95.9 Å². The Morgan fingerprint density at radius 2 is 2.00 bits per heavy atom. The van der Waals surface area contributed by atoms with Crippen LogP contribution in [0.1, 0.15) is 5.56 Å². The van der Waals surface area contributed by atoms with Crippen molar-refractivity contribution in [2.45, 2.75) is 6.92 Å². The third kappa shape index (κ3) is 1.76. The Morgan fingerprint density at radius 1 is 1.25 bits per heavy atom. The standard InChI is InChI=1S/C11H7ClF2N2/c1-6-2-3-8(13)9(10(6)14)11-7(12)4-15-5-16-11/h2-5H,1H3. The molecule has 1 aromatic carbocycles. The fourth-order valence-electron chi connectivity index (χ4n) is 1.37. The second-order valence-electron chi connectivity index (χ2n) is 3.27. The summed E-state index contributed by atoms with van der Waals surface area (Å²) in [7, 11) is 0. The quantitative estimate of drug-likeness (QED) is 0.764. The third-order valence-corrected chi connectivity index (χ3v) is 2.47. The van der Waals surface area contributed by atoms with Crippen LogP contribution >= 0.6 is 11.6 Å². The number of aryl methyl sites for hydroxylation is 1. The van der Waals surface area contributed by atoms with Crippen molar-refractivity contribution in [2.75, 3.05) is 0 Å². The van der Waals surface area contributed by atoms with E-state index in [1.807, 2.05) is 0 Å². The Hall–Kier alpha value is -1.55. The van der Waals surface area contributed by atoms with Gasteiger partial charge in [0.2, 0.25) is 0 Å². The molecule has 0 saturated carbocycles. The van der Waals surface area contributed by atoms with Gasteiger partial charge >= 0.3 is 0 Å². The molecule has 2 aromatic rings. The van der Waals surface area contributed by atoms with Gasteiger partial charge in [-0.05, 0) is 18.6 Å². The van der Waals surface area contributed by atoms with E-state index in [1.54, 1.807) is 6.92 Å². The number of nitrogens with zero attached hydrogens (tertiary/aromatic N) is 2. The van der Waals surface area contributed by atoms with Crippen molar-refractivity contribution < 1.29 is 8.78 Å². The van der Waals surface area contributed by atoms with Crippen LogP contribution in [0, 0.1) is 18.6 Å². The van der Waals surface area contributed by atoms with Gasteiger partial charge in [-0.25, -0.2) is 18.7 Å². The van der Waals surface area contributed by atoms with Gasteiger partial charge < -0.3 is 0 Å². The molecular formula is C11H7ClF2N2. The first-order valence-electron chi connectivity index (χ1n) is 4.51. The highest BCUT2D eigenvalue weighted by atomic mass is 35.5. The SMILES string of the molecule is Cc1ccc(F)c(-c2ncncc2Cl)c1F. The molecule has 0 fully saturated rings. The molecule has 0 aliphatic heterocycles. The van der Waals surface area contributed by atoms with E-state index in [4.69, 9.17) is 11.6 Å². The van der Waals surface area contributed by atoms with Crippen molar-refractivity contribution in [3.05, 3.63) is 46.9 Å². The summed E-state index contributed by atoms with van der Waals surface area (Å²) in [6, 6.07) is 2.55. The molecule has 0 radical (unpaired) electrons. The van der Waals surface area contributed by atoms with Gasteiger partial charge in [0, 0.05) is 6.20 Å². The molecule has 16 heavy (non-hydrogen) atoms. The smallest absolute Gasteiger partial charge is 0.138 e. The zero-order valence-corrected chi connectivity index (χ0v) is 9.09. The van der Waals surface area contributed by atoms with Gasteiger partial charge in [0.25, 0.3) is 0 Å². The first-order chi connectivity index (χ1) is 7.61. The molecule has 0 aliphatic carbocycles. The molecule has 0 spiro atoms. The summed E-state index contributed by atoms with van der Waals surface area (Å²) in [5.74, 6) is -1.34. The number of benzene rings is 1. The van der Waals surface area contributed by atoms with Crippen LogP contribution in [0.25, 0.3) is 11.3 Å². The fourth-order valence-corrected chi connectivity index (χ4v) is 1.57. The van der Waals surface area contributed by atoms with Crippen LogP contribution in [0.3, 0.4) is 0 Å². The number of aromatic nitrogens is 2. The second kappa shape index (κ2) is 4.14. The van der Waals surface area contributed by atoms with Gasteiger partial charge in [-0.15, -0.1) is 0 Å². The summed E-state index contributed by atoms with van der Waals surface area (Å²) in [5.41, 5.74) is 0.189. The number of halogens is 3. The average Bonchev–Trinajstić information content (AvgIpc) is 2.27. The molecule has 2 nitrogen and oxygen atoms in total. The molecule has 0 bridgehead atoms. The normalized spacial score (nSPS) is 10.5. The topological polar surface area (TPSA) is 25.8 Å². The fraction of sp³-hybridized carbons (Fsp3) is 0.0909. The van der Waals surface area contributed by atoms with E-state index in [2.05, 4.69) is 9.97 Å². The Balaban J connectivity index is 2.74. The Bertz CT molecular complexity index is 544. The Morgan fingerprint density at radius 3 is 2.69 bits per heavy atom. The van der Waals surface area contributed by atoms with E-state index in [0.29, 0.717) is 5.56 Å². The van der Waals surface area contributed by atoms with E-state index in [-0.39, 0.29) is 16.3 Å². The predicted octanol–water partition coefficient (Wildman–Crippen LogP) is 3.38. The van der Waals surface area contributed by atoms with Crippen LogP contribution in [0.2, 0.25) is 5.02 Å². The first-order valence-corrected chi connectivity index (χ1v) is 4.89. The van der Waals surface area contributed by atoms with E-state index in [0.717, 1.165) is 0 Å². The number of rotatable bonds is 1.